The highest BCUT2D eigenvalue weighted by Gasteiger charge is 2.26. The van der Waals surface area contributed by atoms with Crippen LogP contribution in [0.15, 0.2) is 29.1 Å². The van der Waals surface area contributed by atoms with Crippen molar-refractivity contribution in [3.8, 4) is 0 Å². The third-order valence-electron chi connectivity index (χ3n) is 5.63. The molecule has 160 valence electrons. The van der Waals surface area contributed by atoms with Gasteiger partial charge in [0.05, 0.1) is 23.4 Å². The number of hydrogen-bond donors (Lipinski definition) is 4. The molecule has 1 saturated carbocycles. The van der Waals surface area contributed by atoms with Crippen LogP contribution in [0.4, 0.5) is 0 Å². The highest BCUT2D eigenvalue weighted by molar-refractivity contribution is 5.91. The second kappa shape index (κ2) is 9.51. The standard InChI is InChI=1S/C21H26N4O5/c1-12(19(27)22-11-13-6-8-14(9-7-13)21(29)30)23-18(26)10-17-15-4-2-3-5-16(15)20(28)25-24-17/h2-5,12-14H,6-11H2,1H3,(H,22,27)(H,23,26)(H,25,28)(H,29,30)/t12-,13?,14?/m1/s1. The number of carboxylic acid groups (broad SMARTS) is 1. The van der Waals surface area contributed by atoms with Gasteiger partial charge in [-0.05, 0) is 44.6 Å². The van der Waals surface area contributed by atoms with Crippen molar-refractivity contribution in [1.29, 1.82) is 0 Å². The summed E-state index contributed by atoms with van der Waals surface area (Å²) in [6.07, 6.45) is 2.73. The van der Waals surface area contributed by atoms with Crippen LogP contribution in [0.1, 0.15) is 38.3 Å². The molecular formula is C21H26N4O5. The maximum Gasteiger partial charge on any atom is 0.306 e. The first-order chi connectivity index (χ1) is 14.3. The van der Waals surface area contributed by atoms with Crippen molar-refractivity contribution in [1.82, 2.24) is 20.8 Å². The smallest absolute Gasteiger partial charge is 0.306 e. The summed E-state index contributed by atoms with van der Waals surface area (Å²) in [4.78, 5) is 47.5. The monoisotopic (exact) mass is 414 g/mol. The molecule has 3 rings (SSSR count). The number of aromatic amines is 1. The molecule has 1 aliphatic carbocycles. The highest BCUT2D eigenvalue weighted by atomic mass is 16.4. The van der Waals surface area contributed by atoms with Crippen LogP contribution < -0.4 is 16.2 Å². The van der Waals surface area contributed by atoms with Gasteiger partial charge >= 0.3 is 5.97 Å². The maximum absolute atomic E-state index is 12.4. The number of amides is 2. The van der Waals surface area contributed by atoms with Gasteiger partial charge in [0.15, 0.2) is 0 Å². The number of carbonyl (C=O) groups excluding carboxylic acids is 2. The minimum absolute atomic E-state index is 0.0614. The van der Waals surface area contributed by atoms with Crippen LogP contribution in [0, 0.1) is 11.8 Å². The Kier molecular flexibility index (Phi) is 6.81. The van der Waals surface area contributed by atoms with E-state index in [0.717, 1.165) is 12.8 Å². The van der Waals surface area contributed by atoms with Crippen LogP contribution in [0.5, 0.6) is 0 Å². The molecule has 1 aliphatic rings. The molecule has 1 fully saturated rings. The molecule has 9 heteroatoms. The summed E-state index contributed by atoms with van der Waals surface area (Å²) in [5, 5.41) is 22.0. The van der Waals surface area contributed by atoms with Gasteiger partial charge < -0.3 is 15.7 Å². The Morgan fingerprint density at radius 2 is 1.83 bits per heavy atom. The van der Waals surface area contributed by atoms with E-state index in [2.05, 4.69) is 20.8 Å². The molecule has 0 spiro atoms. The van der Waals surface area contributed by atoms with Crippen molar-refractivity contribution in [3.05, 3.63) is 40.3 Å². The fraction of sp³-hybridized carbons (Fsp3) is 0.476. The lowest BCUT2D eigenvalue weighted by Gasteiger charge is -2.26. The summed E-state index contributed by atoms with van der Waals surface area (Å²) in [7, 11) is 0. The molecule has 1 heterocycles. The molecular weight excluding hydrogens is 388 g/mol. The highest BCUT2D eigenvalue weighted by Crippen LogP contribution is 2.28. The summed E-state index contributed by atoms with van der Waals surface area (Å²) < 4.78 is 0. The van der Waals surface area contributed by atoms with Crippen molar-refractivity contribution >= 4 is 28.6 Å². The van der Waals surface area contributed by atoms with Crippen LogP contribution in [-0.2, 0) is 20.8 Å². The van der Waals surface area contributed by atoms with E-state index < -0.39 is 12.0 Å². The first kappa shape index (κ1) is 21.5. The van der Waals surface area contributed by atoms with E-state index in [9.17, 15) is 19.2 Å². The normalized spacial score (nSPS) is 19.8. The van der Waals surface area contributed by atoms with Crippen LogP contribution >= 0.6 is 0 Å². The first-order valence-corrected chi connectivity index (χ1v) is 10.1. The summed E-state index contributed by atoms with van der Waals surface area (Å²) >= 11 is 0. The number of hydrogen-bond acceptors (Lipinski definition) is 5. The largest absolute Gasteiger partial charge is 0.481 e. The zero-order chi connectivity index (χ0) is 21.7. The van der Waals surface area contributed by atoms with Crippen molar-refractivity contribution < 1.29 is 19.5 Å². The van der Waals surface area contributed by atoms with E-state index in [1.807, 2.05) is 0 Å². The van der Waals surface area contributed by atoms with Gasteiger partial charge in [0.2, 0.25) is 11.8 Å². The SMILES string of the molecule is C[C@@H](NC(=O)Cc1n[nH]c(=O)c2ccccc12)C(=O)NCC1CCC(C(=O)O)CC1. The Labute approximate surface area is 173 Å². The predicted octanol–water partition coefficient (Wildman–Crippen LogP) is 0.977. The van der Waals surface area contributed by atoms with Gasteiger partial charge in [-0.15, -0.1) is 0 Å². The van der Waals surface area contributed by atoms with Crippen molar-refractivity contribution in [2.24, 2.45) is 11.8 Å². The van der Waals surface area contributed by atoms with Crippen LogP contribution in [0.3, 0.4) is 0 Å². The average Bonchev–Trinajstić information content (AvgIpc) is 2.74. The van der Waals surface area contributed by atoms with Gasteiger partial charge in [-0.3, -0.25) is 19.2 Å². The number of carboxylic acids is 1. The molecule has 0 saturated heterocycles. The molecule has 1 aromatic heterocycles. The molecule has 2 aromatic rings. The number of nitrogens with zero attached hydrogens (tertiary/aromatic N) is 1. The molecule has 1 atom stereocenters. The number of H-pyrrole nitrogens is 1. The zero-order valence-electron chi connectivity index (χ0n) is 16.8. The molecule has 0 unspecified atom stereocenters. The topological polar surface area (TPSA) is 141 Å². The van der Waals surface area contributed by atoms with E-state index in [-0.39, 0.29) is 35.6 Å². The summed E-state index contributed by atoms with van der Waals surface area (Å²) in [5.41, 5.74) is 0.116. The third-order valence-corrected chi connectivity index (χ3v) is 5.63. The van der Waals surface area contributed by atoms with Gasteiger partial charge in [-0.1, -0.05) is 18.2 Å². The van der Waals surface area contributed by atoms with Crippen LogP contribution in [0.25, 0.3) is 10.8 Å². The lowest BCUT2D eigenvalue weighted by Crippen LogP contribution is -2.46. The predicted molar refractivity (Wildman–Crippen MR) is 110 cm³/mol. The van der Waals surface area contributed by atoms with E-state index in [1.54, 1.807) is 31.2 Å². The lowest BCUT2D eigenvalue weighted by atomic mass is 9.82. The molecule has 0 radical (unpaired) electrons. The van der Waals surface area contributed by atoms with E-state index in [0.29, 0.717) is 35.9 Å². The van der Waals surface area contributed by atoms with Gasteiger partial charge in [0, 0.05) is 11.9 Å². The maximum atomic E-state index is 12.4. The lowest BCUT2D eigenvalue weighted by molar-refractivity contribution is -0.143. The number of carbonyl (C=O) groups is 3. The van der Waals surface area contributed by atoms with Crippen molar-refractivity contribution in [2.45, 2.75) is 45.1 Å². The number of fused-ring (bicyclic) bond motifs is 1. The second-order valence-corrected chi connectivity index (χ2v) is 7.81. The number of benzene rings is 1. The average molecular weight is 414 g/mol. The molecule has 1 aromatic carbocycles. The summed E-state index contributed by atoms with van der Waals surface area (Å²) in [5.74, 6) is -1.44. The van der Waals surface area contributed by atoms with Gasteiger partial charge in [0.1, 0.15) is 6.04 Å². The Morgan fingerprint density at radius 3 is 2.50 bits per heavy atom. The van der Waals surface area contributed by atoms with Crippen molar-refractivity contribution in [2.75, 3.05) is 6.54 Å². The molecule has 0 bridgehead atoms. The molecule has 0 aliphatic heterocycles. The Balaban J connectivity index is 1.49. The molecule has 4 N–H and O–H groups in total. The third kappa shape index (κ3) is 5.22. The number of aliphatic carboxylic acids is 1. The minimum Gasteiger partial charge on any atom is -0.481 e. The summed E-state index contributed by atoms with van der Waals surface area (Å²) in [6, 6.07) is 6.18. The zero-order valence-corrected chi connectivity index (χ0v) is 16.8. The Hall–Kier alpha value is -3.23. The number of rotatable bonds is 7. The summed E-state index contributed by atoms with van der Waals surface area (Å²) in [6.45, 7) is 2.07. The fourth-order valence-electron chi connectivity index (χ4n) is 3.83. The first-order valence-electron chi connectivity index (χ1n) is 10.1. The Bertz CT molecular complexity index is 994. The van der Waals surface area contributed by atoms with Gasteiger partial charge in [-0.25, -0.2) is 5.10 Å². The van der Waals surface area contributed by atoms with E-state index >= 15 is 0 Å². The van der Waals surface area contributed by atoms with Crippen LogP contribution in [-0.4, -0.2) is 45.7 Å². The molecule has 30 heavy (non-hydrogen) atoms. The van der Waals surface area contributed by atoms with Gasteiger partial charge in [-0.2, -0.15) is 5.10 Å². The minimum atomic E-state index is -0.751. The Morgan fingerprint density at radius 1 is 1.17 bits per heavy atom. The van der Waals surface area contributed by atoms with E-state index in [1.165, 1.54) is 0 Å². The fourth-order valence-corrected chi connectivity index (χ4v) is 3.83. The second-order valence-electron chi connectivity index (χ2n) is 7.81. The quantitative estimate of drug-likeness (QED) is 0.532. The van der Waals surface area contributed by atoms with Crippen LogP contribution in [0.2, 0.25) is 0 Å². The number of nitrogens with one attached hydrogen (secondary N) is 3. The van der Waals surface area contributed by atoms with E-state index in [4.69, 9.17) is 5.11 Å². The molecule has 2 amide bonds. The number of aromatic nitrogens is 2. The van der Waals surface area contributed by atoms with Gasteiger partial charge in [0.25, 0.3) is 5.56 Å². The molecule has 9 nitrogen and oxygen atoms in total. The van der Waals surface area contributed by atoms with Crippen molar-refractivity contribution in [3.63, 3.8) is 0 Å².